The summed E-state index contributed by atoms with van der Waals surface area (Å²) in [6, 6.07) is 2.69. The van der Waals surface area contributed by atoms with E-state index in [0.717, 1.165) is 11.6 Å². The van der Waals surface area contributed by atoms with E-state index in [9.17, 15) is 0 Å². The van der Waals surface area contributed by atoms with Crippen LogP contribution in [0.3, 0.4) is 0 Å². The Hall–Kier alpha value is -1.37. The lowest BCUT2D eigenvalue weighted by molar-refractivity contribution is 0.203. The summed E-state index contributed by atoms with van der Waals surface area (Å²) < 4.78 is 2.16. The Bertz CT molecular complexity index is 475. The molecule has 4 heteroatoms. The predicted octanol–water partition coefficient (Wildman–Crippen LogP) is 3.36. The van der Waals surface area contributed by atoms with Crippen LogP contribution in [0.25, 0.3) is 0 Å². The summed E-state index contributed by atoms with van der Waals surface area (Å²) in [5.41, 5.74) is 2.21. The van der Waals surface area contributed by atoms with Crippen LogP contribution in [0.1, 0.15) is 75.2 Å². The zero-order chi connectivity index (χ0) is 13.2. The molecule has 19 heavy (non-hydrogen) atoms. The number of aromatic nitrogens is 3. The molecule has 0 amide bonds. The zero-order valence-corrected chi connectivity index (χ0v) is 11.7. The van der Waals surface area contributed by atoms with Crippen molar-refractivity contribution < 1.29 is 0 Å². The van der Waals surface area contributed by atoms with E-state index >= 15 is 0 Å². The molecule has 0 bridgehead atoms. The highest BCUT2D eigenvalue weighted by molar-refractivity contribution is 5.20. The molecule has 1 aromatic rings. The monoisotopic (exact) mass is 258 g/mol. The van der Waals surface area contributed by atoms with Crippen LogP contribution in [0.15, 0.2) is 0 Å². The van der Waals surface area contributed by atoms with Crippen molar-refractivity contribution >= 4 is 0 Å². The van der Waals surface area contributed by atoms with Crippen molar-refractivity contribution in [2.75, 3.05) is 0 Å². The lowest BCUT2D eigenvalue weighted by Gasteiger charge is -2.32. The van der Waals surface area contributed by atoms with Gasteiger partial charge in [-0.25, -0.2) is 4.68 Å². The van der Waals surface area contributed by atoms with Gasteiger partial charge in [0.15, 0.2) is 0 Å². The Balaban J connectivity index is 1.91. The van der Waals surface area contributed by atoms with Crippen molar-refractivity contribution in [3.63, 3.8) is 0 Å². The molecule has 2 aliphatic carbocycles. The Kier molecular flexibility index (Phi) is 3.54. The van der Waals surface area contributed by atoms with Gasteiger partial charge in [0, 0.05) is 5.92 Å². The SMILES string of the molecule is CC(C1CCC1)n1nnc(CC#N)c1C1CCCC1. The van der Waals surface area contributed by atoms with Gasteiger partial charge in [-0.15, -0.1) is 5.10 Å². The maximum atomic E-state index is 8.97. The second kappa shape index (κ2) is 5.32. The fraction of sp³-hybridized carbons (Fsp3) is 0.800. The lowest BCUT2D eigenvalue weighted by Crippen LogP contribution is -2.25. The molecule has 0 N–H and O–H groups in total. The summed E-state index contributed by atoms with van der Waals surface area (Å²) in [6.45, 7) is 2.27. The molecule has 0 aromatic carbocycles. The van der Waals surface area contributed by atoms with Gasteiger partial charge in [0.05, 0.1) is 24.2 Å². The van der Waals surface area contributed by atoms with Gasteiger partial charge in [-0.05, 0) is 38.5 Å². The molecule has 0 radical (unpaired) electrons. The van der Waals surface area contributed by atoms with E-state index in [2.05, 4.69) is 28.0 Å². The first kappa shape index (κ1) is 12.7. The largest absolute Gasteiger partial charge is 0.246 e. The van der Waals surface area contributed by atoms with Gasteiger partial charge in [-0.1, -0.05) is 24.5 Å². The maximum Gasteiger partial charge on any atom is 0.100 e. The molecule has 2 fully saturated rings. The summed E-state index contributed by atoms with van der Waals surface area (Å²) in [4.78, 5) is 0. The average molecular weight is 258 g/mol. The molecular weight excluding hydrogens is 236 g/mol. The second-order valence-corrected chi connectivity index (χ2v) is 6.11. The van der Waals surface area contributed by atoms with E-state index in [1.54, 1.807) is 0 Å². The molecule has 1 aromatic heterocycles. The highest BCUT2D eigenvalue weighted by atomic mass is 15.4. The number of nitrogens with zero attached hydrogens (tertiary/aromatic N) is 4. The minimum absolute atomic E-state index is 0.406. The fourth-order valence-corrected chi connectivity index (χ4v) is 3.58. The van der Waals surface area contributed by atoms with Crippen LogP contribution < -0.4 is 0 Å². The highest BCUT2D eigenvalue weighted by Crippen LogP contribution is 2.40. The summed E-state index contributed by atoms with van der Waals surface area (Å²) in [6.07, 6.45) is 9.49. The third kappa shape index (κ3) is 2.27. The third-order valence-corrected chi connectivity index (χ3v) is 5.01. The number of hydrogen-bond acceptors (Lipinski definition) is 3. The molecule has 0 spiro atoms. The van der Waals surface area contributed by atoms with Crippen LogP contribution in [-0.2, 0) is 6.42 Å². The van der Waals surface area contributed by atoms with Crippen molar-refractivity contribution in [3.8, 4) is 6.07 Å². The molecule has 4 nitrogen and oxygen atoms in total. The summed E-state index contributed by atoms with van der Waals surface area (Å²) >= 11 is 0. The van der Waals surface area contributed by atoms with Crippen molar-refractivity contribution in [1.29, 1.82) is 5.26 Å². The van der Waals surface area contributed by atoms with Crippen LogP contribution in [0.2, 0.25) is 0 Å². The Labute approximate surface area is 114 Å². The molecule has 0 aliphatic heterocycles. The number of nitriles is 1. The Morgan fingerprint density at radius 1 is 1.26 bits per heavy atom. The molecule has 3 rings (SSSR count). The van der Waals surface area contributed by atoms with Gasteiger partial charge < -0.3 is 0 Å². The van der Waals surface area contributed by atoms with Crippen LogP contribution in [0.4, 0.5) is 0 Å². The zero-order valence-electron chi connectivity index (χ0n) is 11.7. The van der Waals surface area contributed by atoms with Gasteiger partial charge in [-0.2, -0.15) is 5.26 Å². The van der Waals surface area contributed by atoms with Crippen molar-refractivity contribution in [2.45, 2.75) is 70.3 Å². The Morgan fingerprint density at radius 2 is 2.00 bits per heavy atom. The van der Waals surface area contributed by atoms with Gasteiger partial charge in [-0.3, -0.25) is 0 Å². The normalized spacial score (nSPS) is 22.1. The summed E-state index contributed by atoms with van der Waals surface area (Å²) in [5.74, 6) is 1.35. The molecule has 1 unspecified atom stereocenters. The first-order chi connectivity index (χ1) is 9.31. The van der Waals surface area contributed by atoms with Gasteiger partial charge in [0.1, 0.15) is 5.69 Å². The van der Waals surface area contributed by atoms with Gasteiger partial charge in [0.2, 0.25) is 0 Å². The van der Waals surface area contributed by atoms with E-state index < -0.39 is 0 Å². The van der Waals surface area contributed by atoms with Crippen LogP contribution in [0, 0.1) is 17.2 Å². The van der Waals surface area contributed by atoms with Gasteiger partial charge in [0.25, 0.3) is 0 Å². The van der Waals surface area contributed by atoms with Crippen molar-refractivity contribution in [3.05, 3.63) is 11.4 Å². The van der Waals surface area contributed by atoms with E-state index in [1.807, 2.05) is 0 Å². The fourth-order valence-electron chi connectivity index (χ4n) is 3.58. The Morgan fingerprint density at radius 3 is 2.58 bits per heavy atom. The minimum Gasteiger partial charge on any atom is -0.246 e. The topological polar surface area (TPSA) is 54.5 Å². The molecule has 1 atom stereocenters. The van der Waals surface area contributed by atoms with Crippen molar-refractivity contribution in [1.82, 2.24) is 15.0 Å². The second-order valence-electron chi connectivity index (χ2n) is 6.11. The third-order valence-electron chi connectivity index (χ3n) is 5.01. The standard InChI is InChI=1S/C15H22N4/c1-11(12-7-4-8-12)19-15(13-5-2-3-6-13)14(9-10-16)17-18-19/h11-13H,2-9H2,1H3. The van der Waals surface area contributed by atoms with Gasteiger partial charge >= 0.3 is 0 Å². The molecule has 2 aliphatic rings. The number of rotatable bonds is 4. The highest BCUT2D eigenvalue weighted by Gasteiger charge is 2.32. The molecular formula is C15H22N4. The van der Waals surface area contributed by atoms with Crippen LogP contribution >= 0.6 is 0 Å². The van der Waals surface area contributed by atoms with E-state index in [4.69, 9.17) is 5.26 Å². The first-order valence-corrected chi connectivity index (χ1v) is 7.62. The summed E-state index contributed by atoms with van der Waals surface area (Å²) in [7, 11) is 0. The quantitative estimate of drug-likeness (QED) is 0.832. The minimum atomic E-state index is 0.406. The maximum absolute atomic E-state index is 8.97. The van der Waals surface area contributed by atoms with E-state index in [1.165, 1.54) is 50.6 Å². The number of hydrogen-bond donors (Lipinski definition) is 0. The summed E-state index contributed by atoms with van der Waals surface area (Å²) in [5, 5.41) is 17.7. The first-order valence-electron chi connectivity index (χ1n) is 7.62. The predicted molar refractivity (Wildman–Crippen MR) is 72.6 cm³/mol. The molecule has 102 valence electrons. The molecule has 0 saturated heterocycles. The smallest absolute Gasteiger partial charge is 0.100 e. The average Bonchev–Trinajstić information content (AvgIpc) is 2.94. The van der Waals surface area contributed by atoms with Crippen LogP contribution in [0.5, 0.6) is 0 Å². The van der Waals surface area contributed by atoms with E-state index in [-0.39, 0.29) is 0 Å². The van der Waals surface area contributed by atoms with Crippen molar-refractivity contribution in [2.24, 2.45) is 5.92 Å². The molecule has 2 saturated carbocycles. The van der Waals surface area contributed by atoms with E-state index in [0.29, 0.717) is 18.4 Å². The van der Waals surface area contributed by atoms with Crippen LogP contribution in [-0.4, -0.2) is 15.0 Å². The lowest BCUT2D eigenvalue weighted by atomic mass is 9.80. The molecule has 1 heterocycles.